The van der Waals surface area contributed by atoms with Crippen LogP contribution >= 0.6 is 0 Å². The Morgan fingerprint density at radius 3 is 2.30 bits per heavy atom. The number of rotatable bonds is 9. The van der Waals surface area contributed by atoms with Crippen molar-refractivity contribution in [2.75, 3.05) is 7.11 Å². The van der Waals surface area contributed by atoms with Gasteiger partial charge in [0.2, 0.25) is 8.32 Å². The molecule has 0 aliphatic carbocycles. The Morgan fingerprint density at radius 2 is 1.85 bits per heavy atom. The second-order valence-electron chi connectivity index (χ2n) is 6.87. The average Bonchev–Trinajstić information content (AvgIpc) is 2.34. The maximum Gasteiger partial charge on any atom is 0.311 e. The van der Waals surface area contributed by atoms with Gasteiger partial charge in [-0.3, -0.25) is 4.79 Å². The third-order valence-corrected chi connectivity index (χ3v) is 4.33. The molecular weight excluding hydrogens is 268 g/mol. The molecule has 0 spiro atoms. The van der Waals surface area contributed by atoms with Crippen LogP contribution in [-0.2, 0) is 14.0 Å². The highest BCUT2D eigenvalue weighted by molar-refractivity contribution is 6.69. The van der Waals surface area contributed by atoms with Gasteiger partial charge in [-0.25, -0.2) is 0 Å². The zero-order valence-electron chi connectivity index (χ0n) is 14.3. The molecule has 0 saturated carbocycles. The zero-order chi connectivity index (χ0) is 15.8. The molecule has 0 aliphatic heterocycles. The van der Waals surface area contributed by atoms with Crippen molar-refractivity contribution in [2.24, 2.45) is 11.3 Å². The van der Waals surface area contributed by atoms with Crippen molar-refractivity contribution in [1.82, 2.24) is 0 Å². The van der Waals surface area contributed by atoms with E-state index in [0.717, 1.165) is 12.8 Å². The van der Waals surface area contributed by atoms with E-state index in [4.69, 9.17) is 9.16 Å². The normalized spacial score (nSPS) is 14.3. The van der Waals surface area contributed by atoms with Gasteiger partial charge in [0.05, 0.1) is 18.8 Å². The molecule has 3 nitrogen and oxygen atoms in total. The van der Waals surface area contributed by atoms with Crippen molar-refractivity contribution in [1.29, 1.82) is 0 Å². The first kappa shape index (κ1) is 19.2. The molecule has 1 unspecified atom stereocenters. The molecule has 0 aromatic carbocycles. The summed E-state index contributed by atoms with van der Waals surface area (Å²) < 4.78 is 10.7. The average molecular weight is 301 g/mol. The molecule has 0 N–H and O–H groups in total. The van der Waals surface area contributed by atoms with Crippen molar-refractivity contribution in [3.63, 3.8) is 0 Å². The number of carbonyl (C=O) groups excluding carboxylic acids is 1. The van der Waals surface area contributed by atoms with Crippen LogP contribution in [0.2, 0.25) is 19.6 Å². The fraction of sp³-hybridized carbons (Fsp3) is 0.812. The third-order valence-electron chi connectivity index (χ3n) is 3.49. The minimum atomic E-state index is -1.56. The van der Waals surface area contributed by atoms with Crippen LogP contribution in [0.1, 0.15) is 46.5 Å². The Balaban J connectivity index is 4.84. The highest BCUT2D eigenvalue weighted by Gasteiger charge is 2.36. The summed E-state index contributed by atoms with van der Waals surface area (Å²) in [5.74, 6) is -0.00509. The Bertz CT molecular complexity index is 316. The first-order chi connectivity index (χ1) is 9.15. The van der Waals surface area contributed by atoms with Gasteiger partial charge in [0.25, 0.3) is 0 Å². The van der Waals surface area contributed by atoms with Gasteiger partial charge in [0.15, 0.2) is 0 Å². The number of esters is 1. The lowest BCUT2D eigenvalue weighted by atomic mass is 9.76. The molecule has 0 aromatic heterocycles. The minimum Gasteiger partial charge on any atom is -0.550 e. The Hall–Kier alpha value is -0.773. The number of hydrogen-bond acceptors (Lipinski definition) is 3. The van der Waals surface area contributed by atoms with Gasteiger partial charge in [0, 0.05) is 0 Å². The van der Waals surface area contributed by atoms with Gasteiger partial charge in [-0.05, 0) is 51.9 Å². The highest BCUT2D eigenvalue weighted by Crippen LogP contribution is 2.33. The maximum atomic E-state index is 12.0. The number of hydrogen-bond donors (Lipinski definition) is 0. The number of unbranched alkanes of at least 4 members (excludes halogenated alkanes) is 2. The van der Waals surface area contributed by atoms with E-state index in [1.165, 1.54) is 20.0 Å². The van der Waals surface area contributed by atoms with E-state index >= 15 is 0 Å². The van der Waals surface area contributed by atoms with Gasteiger partial charge in [0.1, 0.15) is 0 Å². The van der Waals surface area contributed by atoms with E-state index < -0.39 is 13.7 Å². The molecule has 0 fully saturated rings. The van der Waals surface area contributed by atoms with Crippen LogP contribution in [0.3, 0.4) is 0 Å². The van der Waals surface area contributed by atoms with E-state index in [-0.39, 0.29) is 11.9 Å². The molecule has 0 aromatic rings. The first-order valence-electron chi connectivity index (χ1n) is 7.58. The first-order valence-corrected chi connectivity index (χ1v) is 11.0. The molecule has 0 saturated heterocycles. The lowest BCUT2D eigenvalue weighted by Gasteiger charge is -2.30. The van der Waals surface area contributed by atoms with Gasteiger partial charge in [-0.1, -0.05) is 26.2 Å². The lowest BCUT2D eigenvalue weighted by Crippen LogP contribution is -2.33. The Morgan fingerprint density at radius 1 is 1.25 bits per heavy atom. The molecule has 0 heterocycles. The van der Waals surface area contributed by atoms with E-state index in [1.807, 2.05) is 19.9 Å². The van der Waals surface area contributed by atoms with Crippen LogP contribution in [0.5, 0.6) is 0 Å². The summed E-state index contributed by atoms with van der Waals surface area (Å²) in [5, 5.41) is 0. The summed E-state index contributed by atoms with van der Waals surface area (Å²) >= 11 is 0. The molecular formula is C16H32O3Si. The van der Waals surface area contributed by atoms with Crippen LogP contribution < -0.4 is 0 Å². The van der Waals surface area contributed by atoms with E-state index in [0.29, 0.717) is 0 Å². The van der Waals surface area contributed by atoms with E-state index in [9.17, 15) is 4.79 Å². The van der Waals surface area contributed by atoms with Crippen molar-refractivity contribution >= 4 is 14.3 Å². The summed E-state index contributed by atoms with van der Waals surface area (Å²) in [6.45, 7) is 12.5. The van der Waals surface area contributed by atoms with Crippen molar-refractivity contribution in [3.8, 4) is 0 Å². The molecule has 4 heteroatoms. The summed E-state index contributed by atoms with van der Waals surface area (Å²) in [5.41, 5.74) is -0.512. The van der Waals surface area contributed by atoms with Gasteiger partial charge in [-0.15, -0.1) is 0 Å². The highest BCUT2D eigenvalue weighted by atomic mass is 28.4. The van der Waals surface area contributed by atoms with Gasteiger partial charge < -0.3 is 9.16 Å². The van der Waals surface area contributed by atoms with Crippen LogP contribution in [0, 0.1) is 11.3 Å². The molecule has 1 atom stereocenters. The molecule has 0 radical (unpaired) electrons. The summed E-state index contributed by atoms with van der Waals surface area (Å²) in [6.07, 6.45) is 8.33. The second kappa shape index (κ2) is 8.50. The number of allylic oxidation sites excluding steroid dienone is 1. The van der Waals surface area contributed by atoms with Crippen LogP contribution in [0.4, 0.5) is 0 Å². The largest absolute Gasteiger partial charge is 0.550 e. The molecule has 20 heavy (non-hydrogen) atoms. The lowest BCUT2D eigenvalue weighted by molar-refractivity contribution is -0.153. The fourth-order valence-electron chi connectivity index (χ4n) is 2.06. The van der Waals surface area contributed by atoms with Crippen LogP contribution in [0.25, 0.3) is 0 Å². The molecule has 118 valence electrons. The number of methoxy groups -OCH3 is 1. The van der Waals surface area contributed by atoms with Crippen LogP contribution in [0.15, 0.2) is 12.3 Å². The minimum absolute atomic E-state index is 0.151. The van der Waals surface area contributed by atoms with Crippen LogP contribution in [-0.4, -0.2) is 21.4 Å². The molecule has 0 aliphatic rings. The van der Waals surface area contributed by atoms with E-state index in [2.05, 4.69) is 26.6 Å². The SMILES string of the molecule is CCCCCC(/C=C/O[Si](C)(C)C)C(C)(C)C(=O)OC. The zero-order valence-corrected chi connectivity index (χ0v) is 15.3. The molecule has 0 amide bonds. The predicted molar refractivity (Wildman–Crippen MR) is 87.0 cm³/mol. The third kappa shape index (κ3) is 7.13. The summed E-state index contributed by atoms with van der Waals surface area (Å²) in [7, 11) is -0.106. The maximum absolute atomic E-state index is 12.0. The Labute approximate surface area is 125 Å². The number of carbonyl (C=O) groups is 1. The smallest absolute Gasteiger partial charge is 0.311 e. The fourth-order valence-corrected chi connectivity index (χ4v) is 2.55. The van der Waals surface area contributed by atoms with Gasteiger partial charge >= 0.3 is 5.97 Å². The van der Waals surface area contributed by atoms with Crippen molar-refractivity contribution < 1.29 is 14.0 Å². The second-order valence-corrected chi connectivity index (χ2v) is 11.3. The summed E-state index contributed by atoms with van der Waals surface area (Å²) in [4.78, 5) is 12.0. The molecule has 0 bridgehead atoms. The molecule has 0 rings (SSSR count). The topological polar surface area (TPSA) is 35.5 Å². The quantitative estimate of drug-likeness (QED) is 0.267. The monoisotopic (exact) mass is 300 g/mol. The van der Waals surface area contributed by atoms with Crippen molar-refractivity contribution in [2.45, 2.75) is 66.1 Å². The standard InChI is InChI=1S/C16H32O3Si/c1-8-9-10-11-14(12-13-19-20(5,6)7)16(2,3)15(17)18-4/h12-14H,8-11H2,1-7H3/b13-12+. The van der Waals surface area contributed by atoms with Gasteiger partial charge in [-0.2, -0.15) is 0 Å². The Kier molecular flexibility index (Phi) is 8.17. The number of ether oxygens (including phenoxy) is 1. The van der Waals surface area contributed by atoms with E-state index in [1.54, 1.807) is 6.26 Å². The summed E-state index contributed by atoms with van der Waals surface area (Å²) in [6, 6.07) is 0. The van der Waals surface area contributed by atoms with Crippen molar-refractivity contribution in [3.05, 3.63) is 12.3 Å². The predicted octanol–water partition coefficient (Wildman–Crippen LogP) is 4.75.